The van der Waals surface area contributed by atoms with Crippen molar-refractivity contribution >= 4 is 56.6 Å². The van der Waals surface area contributed by atoms with Crippen LogP contribution < -0.4 is 14.8 Å². The van der Waals surface area contributed by atoms with Crippen molar-refractivity contribution in [2.24, 2.45) is 0 Å². The van der Waals surface area contributed by atoms with Crippen LogP contribution in [-0.4, -0.2) is 25.0 Å². The molecule has 40 heavy (non-hydrogen) atoms. The molecule has 0 unspecified atom stereocenters. The van der Waals surface area contributed by atoms with E-state index in [0.717, 1.165) is 11.1 Å². The summed E-state index contributed by atoms with van der Waals surface area (Å²) in [5.41, 5.74) is 5.02. The van der Waals surface area contributed by atoms with Crippen molar-refractivity contribution in [1.29, 1.82) is 0 Å². The minimum Gasteiger partial charge on any atom is -0.490 e. The number of Topliss-reactive ketones (excluding diaryl/α,β-unsaturated/α-hetero) is 1. The molecule has 1 atom stereocenters. The number of rotatable bonds is 8. The van der Waals surface area contributed by atoms with E-state index in [1.165, 1.54) is 0 Å². The number of esters is 1. The van der Waals surface area contributed by atoms with Gasteiger partial charge < -0.3 is 19.5 Å². The van der Waals surface area contributed by atoms with Crippen LogP contribution in [0.5, 0.6) is 11.5 Å². The molecule has 6 nitrogen and oxygen atoms in total. The van der Waals surface area contributed by atoms with Crippen LogP contribution in [0.3, 0.4) is 0 Å². The lowest BCUT2D eigenvalue weighted by Crippen LogP contribution is -2.29. The van der Waals surface area contributed by atoms with Gasteiger partial charge in [-0.05, 0) is 66.5 Å². The van der Waals surface area contributed by atoms with Gasteiger partial charge in [0.05, 0.1) is 29.0 Å². The molecule has 3 aromatic carbocycles. The third-order valence-corrected chi connectivity index (χ3v) is 7.97. The first kappa shape index (κ1) is 28.3. The summed E-state index contributed by atoms with van der Waals surface area (Å²) in [7, 11) is 0. The van der Waals surface area contributed by atoms with Crippen molar-refractivity contribution in [1.82, 2.24) is 5.32 Å². The second-order valence-electron chi connectivity index (χ2n) is 9.27. The number of ether oxygens (including phenoxy) is 3. The van der Waals surface area contributed by atoms with Crippen LogP contribution in [0.15, 0.2) is 75.9 Å². The Hall–Kier alpha value is -3.26. The summed E-state index contributed by atoms with van der Waals surface area (Å²) < 4.78 is 18.2. The molecule has 9 heteroatoms. The molecule has 0 amide bonds. The number of fused-ring (bicyclic) bond motifs is 2. The monoisotopic (exact) mass is 641 g/mol. The minimum atomic E-state index is -0.689. The zero-order chi connectivity index (χ0) is 28.6. The molecule has 1 aliphatic carbocycles. The van der Waals surface area contributed by atoms with Gasteiger partial charge in [0.2, 0.25) is 0 Å². The lowest BCUT2D eigenvalue weighted by Gasteiger charge is -2.30. The zero-order valence-corrected chi connectivity index (χ0v) is 25.2. The molecule has 0 aromatic heterocycles. The second kappa shape index (κ2) is 11.7. The fourth-order valence-corrected chi connectivity index (χ4v) is 6.13. The van der Waals surface area contributed by atoms with Crippen LogP contribution >= 0.6 is 39.1 Å². The lowest BCUT2D eigenvalue weighted by molar-refractivity contribution is -0.138. The van der Waals surface area contributed by atoms with Gasteiger partial charge >= 0.3 is 5.97 Å². The topological polar surface area (TPSA) is 73.9 Å². The van der Waals surface area contributed by atoms with Gasteiger partial charge in [0.1, 0.15) is 6.61 Å². The molecule has 2 aliphatic rings. The molecule has 0 saturated heterocycles. The normalized spacial score (nSPS) is 15.9. The Morgan fingerprint density at radius 1 is 1.00 bits per heavy atom. The molecule has 1 aliphatic heterocycles. The molecule has 0 fully saturated rings. The van der Waals surface area contributed by atoms with E-state index in [9.17, 15) is 9.59 Å². The van der Waals surface area contributed by atoms with Gasteiger partial charge in [-0.2, -0.15) is 0 Å². The van der Waals surface area contributed by atoms with Crippen molar-refractivity contribution in [3.8, 4) is 11.5 Å². The summed E-state index contributed by atoms with van der Waals surface area (Å²) in [6.45, 7) is 6.20. The summed E-state index contributed by atoms with van der Waals surface area (Å²) in [4.78, 5) is 27.1. The van der Waals surface area contributed by atoms with E-state index in [4.69, 9.17) is 37.4 Å². The molecule has 5 rings (SSSR count). The van der Waals surface area contributed by atoms with Crippen LogP contribution in [-0.2, 0) is 16.1 Å². The molecule has 1 heterocycles. The van der Waals surface area contributed by atoms with Gasteiger partial charge in [-0.15, -0.1) is 0 Å². The quantitative estimate of drug-likeness (QED) is 0.252. The highest BCUT2D eigenvalue weighted by molar-refractivity contribution is 9.10. The van der Waals surface area contributed by atoms with Crippen LogP contribution in [0, 0.1) is 0 Å². The van der Waals surface area contributed by atoms with Crippen LogP contribution in [0.25, 0.3) is 5.70 Å². The van der Waals surface area contributed by atoms with Gasteiger partial charge in [0.25, 0.3) is 0 Å². The number of allylic oxidation sites excluding steroid dienone is 2. The van der Waals surface area contributed by atoms with Crippen LogP contribution in [0.4, 0.5) is 0 Å². The number of nitrogens with one attached hydrogen (secondary N) is 1. The largest absolute Gasteiger partial charge is 0.490 e. The molecule has 0 spiro atoms. The van der Waals surface area contributed by atoms with E-state index in [2.05, 4.69) is 21.2 Å². The maximum atomic E-state index is 13.8. The predicted molar refractivity (Wildman–Crippen MR) is 159 cm³/mol. The molecular weight excluding hydrogens is 617 g/mol. The van der Waals surface area contributed by atoms with Crippen molar-refractivity contribution in [2.45, 2.75) is 33.3 Å². The van der Waals surface area contributed by atoms with Crippen LogP contribution in [0.1, 0.15) is 53.7 Å². The minimum absolute atomic E-state index is 0.135. The number of ketones is 1. The molecule has 0 bridgehead atoms. The summed E-state index contributed by atoms with van der Waals surface area (Å²) in [5, 5.41) is 4.34. The van der Waals surface area contributed by atoms with Crippen molar-refractivity contribution in [3.05, 3.63) is 108 Å². The number of dihydropyridines is 1. The third kappa shape index (κ3) is 5.14. The molecule has 0 saturated carbocycles. The Labute approximate surface area is 251 Å². The standard InChI is InChI=1S/C31H26BrCl2NO5/c1-4-38-24-13-18(12-22(32)30(24)40-15-17-10-11-19(33)14-23(17)34)26-25(31(37)39-5-2)16(3)35-28-20-8-6-7-9-21(20)29(36)27(26)28/h6-14,26,35H,4-5,15H2,1-3H3/t26-/m0/s1. The number of carbonyl (C=O) groups is 2. The van der Waals surface area contributed by atoms with Gasteiger partial charge in [-0.1, -0.05) is 53.5 Å². The smallest absolute Gasteiger partial charge is 0.336 e. The van der Waals surface area contributed by atoms with E-state index in [0.29, 0.717) is 66.3 Å². The van der Waals surface area contributed by atoms with Gasteiger partial charge in [0.15, 0.2) is 17.3 Å². The fourth-order valence-electron chi connectivity index (χ4n) is 5.09. The number of halogens is 3. The first-order valence-corrected chi connectivity index (χ1v) is 14.4. The summed E-state index contributed by atoms with van der Waals surface area (Å²) in [6, 6.07) is 16.3. The Morgan fingerprint density at radius 3 is 2.45 bits per heavy atom. The number of benzene rings is 3. The first-order chi connectivity index (χ1) is 19.2. The average Bonchev–Trinajstić information content (AvgIpc) is 3.20. The van der Waals surface area contributed by atoms with E-state index in [1.54, 1.807) is 31.2 Å². The predicted octanol–water partition coefficient (Wildman–Crippen LogP) is 7.87. The van der Waals surface area contributed by atoms with E-state index in [-0.39, 0.29) is 19.0 Å². The third-order valence-electron chi connectivity index (χ3n) is 6.80. The van der Waals surface area contributed by atoms with Gasteiger partial charge in [0, 0.05) is 43.9 Å². The first-order valence-electron chi connectivity index (χ1n) is 12.8. The van der Waals surface area contributed by atoms with Crippen molar-refractivity contribution in [2.75, 3.05) is 13.2 Å². The Kier molecular flexibility index (Phi) is 8.26. The molecular formula is C31H26BrCl2NO5. The summed E-state index contributed by atoms with van der Waals surface area (Å²) >= 11 is 16.0. The summed E-state index contributed by atoms with van der Waals surface area (Å²) in [6.07, 6.45) is 0. The Morgan fingerprint density at radius 2 is 1.75 bits per heavy atom. The molecule has 206 valence electrons. The van der Waals surface area contributed by atoms with Crippen LogP contribution in [0.2, 0.25) is 10.0 Å². The maximum Gasteiger partial charge on any atom is 0.336 e. The maximum absolute atomic E-state index is 13.8. The molecule has 0 radical (unpaired) electrons. The molecule has 1 N–H and O–H groups in total. The highest BCUT2D eigenvalue weighted by Gasteiger charge is 2.43. The highest BCUT2D eigenvalue weighted by Crippen LogP contribution is 2.49. The summed E-state index contributed by atoms with van der Waals surface area (Å²) in [5.74, 6) is -0.380. The lowest BCUT2D eigenvalue weighted by atomic mass is 9.79. The number of hydrogen-bond donors (Lipinski definition) is 1. The van der Waals surface area contributed by atoms with E-state index < -0.39 is 11.9 Å². The zero-order valence-electron chi connectivity index (χ0n) is 22.1. The van der Waals surface area contributed by atoms with Gasteiger partial charge in [-0.3, -0.25) is 4.79 Å². The van der Waals surface area contributed by atoms with E-state index in [1.807, 2.05) is 44.2 Å². The average molecular weight is 643 g/mol. The van der Waals surface area contributed by atoms with Crippen molar-refractivity contribution < 1.29 is 23.8 Å². The second-order valence-corrected chi connectivity index (χ2v) is 11.0. The fraction of sp³-hybridized carbons (Fsp3) is 0.226. The number of carbonyl (C=O) groups excluding carboxylic acids is 2. The Bertz CT molecular complexity index is 1600. The van der Waals surface area contributed by atoms with E-state index >= 15 is 0 Å². The van der Waals surface area contributed by atoms with Gasteiger partial charge in [-0.25, -0.2) is 4.79 Å². The highest BCUT2D eigenvalue weighted by atomic mass is 79.9. The molecule has 3 aromatic rings. The van der Waals surface area contributed by atoms with Crippen molar-refractivity contribution in [3.63, 3.8) is 0 Å². The number of hydrogen-bond acceptors (Lipinski definition) is 6. The Balaban J connectivity index is 1.61. The SMILES string of the molecule is CCOC(=O)C1=C(C)NC2=C(C(=O)c3ccccc32)[C@H]1c1cc(Br)c(OCc2ccc(Cl)cc2Cl)c(OCC)c1.